The normalized spacial score (nSPS) is 12.0. The second kappa shape index (κ2) is 4.93. The van der Waals surface area contributed by atoms with Crippen molar-refractivity contribution in [3.05, 3.63) is 0 Å². The molecule has 0 saturated carbocycles. The van der Waals surface area contributed by atoms with Gasteiger partial charge in [-0.3, -0.25) is 4.99 Å². The molecule has 0 amide bonds. The zero-order valence-corrected chi connectivity index (χ0v) is 5.86. The highest BCUT2D eigenvalue weighted by molar-refractivity contribution is 8.09. The maximum atomic E-state index is 5.28. The maximum absolute atomic E-state index is 5.28. The molecule has 0 fully saturated rings. The summed E-state index contributed by atoms with van der Waals surface area (Å²) in [6.07, 6.45) is 0. The minimum absolute atomic E-state index is 0.481. The Morgan fingerprint density at radius 1 is 1.88 bits per heavy atom. The van der Waals surface area contributed by atoms with Crippen LogP contribution in [0.4, 0.5) is 0 Å². The van der Waals surface area contributed by atoms with Gasteiger partial charge in [-0.15, -0.1) is 0 Å². The monoisotopic (exact) mass is 134 g/mol. The summed E-state index contributed by atoms with van der Waals surface area (Å²) in [4.78, 5) is 3.85. The van der Waals surface area contributed by atoms with Gasteiger partial charge >= 0.3 is 0 Å². The fourth-order valence-corrected chi connectivity index (χ4v) is 0.620. The van der Waals surface area contributed by atoms with Gasteiger partial charge < -0.3 is 9.92 Å². The molecule has 0 heterocycles. The van der Waals surface area contributed by atoms with Gasteiger partial charge in [0.05, 0.1) is 19.2 Å². The van der Waals surface area contributed by atoms with Gasteiger partial charge in [-0.2, -0.15) is 0 Å². The average molecular weight is 134 g/mol. The number of nitrogens with zero attached hydrogens (tertiary/aromatic N) is 1. The predicted octanol–water partition coefficient (Wildman–Crippen LogP) is 0.616. The molecular weight excluding hydrogens is 124 g/mol. The van der Waals surface area contributed by atoms with Crippen LogP contribution < -0.4 is 5.73 Å². The molecule has 3 nitrogen and oxygen atoms in total. The highest BCUT2D eigenvalue weighted by Gasteiger charge is 1.86. The summed E-state index contributed by atoms with van der Waals surface area (Å²) in [5.41, 5.74) is 5.28. The lowest BCUT2D eigenvalue weighted by Crippen LogP contribution is -2.06. The Balaban J connectivity index is 3.29. The standard InChI is InChI=1S/C4H10N2OS/c1-3-6-4(5)8-7-2/h3H2,1-2H3,(H2,5,6). The first-order valence-corrected chi connectivity index (χ1v) is 3.06. The van der Waals surface area contributed by atoms with Crippen LogP contribution in [0, 0.1) is 0 Å². The van der Waals surface area contributed by atoms with Crippen molar-refractivity contribution in [2.45, 2.75) is 6.92 Å². The van der Waals surface area contributed by atoms with E-state index < -0.39 is 0 Å². The van der Waals surface area contributed by atoms with Gasteiger partial charge in [-0.25, -0.2) is 0 Å². The molecule has 0 aliphatic heterocycles. The molecule has 0 aromatic carbocycles. The van der Waals surface area contributed by atoms with E-state index in [1.165, 1.54) is 0 Å². The van der Waals surface area contributed by atoms with Gasteiger partial charge in [-0.1, -0.05) is 0 Å². The van der Waals surface area contributed by atoms with E-state index in [2.05, 4.69) is 9.18 Å². The van der Waals surface area contributed by atoms with Crippen molar-refractivity contribution in [2.24, 2.45) is 10.7 Å². The molecule has 8 heavy (non-hydrogen) atoms. The van der Waals surface area contributed by atoms with Crippen molar-refractivity contribution in [3.8, 4) is 0 Å². The fraction of sp³-hybridized carbons (Fsp3) is 0.750. The van der Waals surface area contributed by atoms with Crippen molar-refractivity contribution < 1.29 is 4.18 Å². The molecule has 0 radical (unpaired) electrons. The highest BCUT2D eigenvalue weighted by atomic mass is 32.2. The van der Waals surface area contributed by atoms with Crippen molar-refractivity contribution in [1.29, 1.82) is 0 Å². The number of rotatable bonds is 2. The Hall–Kier alpha value is -0.220. The molecule has 0 aromatic rings. The largest absolute Gasteiger partial charge is 0.377 e. The molecular formula is C4H10N2OS. The van der Waals surface area contributed by atoms with Gasteiger partial charge in [0.25, 0.3) is 0 Å². The summed E-state index contributed by atoms with van der Waals surface area (Å²) in [7, 11) is 1.56. The van der Waals surface area contributed by atoms with Crippen molar-refractivity contribution in [1.82, 2.24) is 0 Å². The van der Waals surface area contributed by atoms with Crippen LogP contribution in [0.25, 0.3) is 0 Å². The molecule has 0 saturated heterocycles. The third-order valence-corrected chi connectivity index (χ3v) is 0.949. The number of hydrogen-bond acceptors (Lipinski definition) is 3. The Morgan fingerprint density at radius 3 is 2.88 bits per heavy atom. The SMILES string of the molecule is CCN=C(N)SOC. The van der Waals surface area contributed by atoms with E-state index in [-0.39, 0.29) is 0 Å². The number of nitrogens with two attached hydrogens (primary N) is 1. The van der Waals surface area contributed by atoms with E-state index in [9.17, 15) is 0 Å². The van der Waals surface area contributed by atoms with E-state index >= 15 is 0 Å². The minimum atomic E-state index is 0.481. The topological polar surface area (TPSA) is 47.6 Å². The van der Waals surface area contributed by atoms with E-state index in [0.717, 1.165) is 12.0 Å². The summed E-state index contributed by atoms with van der Waals surface area (Å²) in [6.45, 7) is 2.63. The summed E-state index contributed by atoms with van der Waals surface area (Å²) >= 11 is 1.08. The summed E-state index contributed by atoms with van der Waals surface area (Å²) in [5.74, 6) is 0. The van der Waals surface area contributed by atoms with E-state index in [1.54, 1.807) is 7.11 Å². The fourth-order valence-electron chi connectivity index (χ4n) is 0.268. The quantitative estimate of drug-likeness (QED) is 0.342. The van der Waals surface area contributed by atoms with Gasteiger partial charge in [0, 0.05) is 6.54 Å². The van der Waals surface area contributed by atoms with Gasteiger partial charge in [0.2, 0.25) is 0 Å². The maximum Gasteiger partial charge on any atom is 0.181 e. The summed E-state index contributed by atoms with van der Waals surface area (Å²) < 4.78 is 4.62. The minimum Gasteiger partial charge on any atom is -0.377 e. The van der Waals surface area contributed by atoms with Crippen LogP contribution in [0.5, 0.6) is 0 Å². The molecule has 0 aliphatic rings. The third kappa shape index (κ3) is 3.95. The Labute approximate surface area is 53.5 Å². The van der Waals surface area contributed by atoms with Crippen LogP contribution in [0.1, 0.15) is 6.92 Å². The molecule has 48 valence electrons. The van der Waals surface area contributed by atoms with Crippen molar-refractivity contribution in [2.75, 3.05) is 13.7 Å². The van der Waals surface area contributed by atoms with Crippen LogP contribution in [-0.4, -0.2) is 18.8 Å². The lowest BCUT2D eigenvalue weighted by atomic mass is 10.8. The van der Waals surface area contributed by atoms with E-state index in [1.807, 2.05) is 6.92 Å². The predicted molar refractivity (Wildman–Crippen MR) is 36.8 cm³/mol. The molecule has 0 aromatic heterocycles. The number of amidine groups is 1. The summed E-state index contributed by atoms with van der Waals surface area (Å²) in [5, 5.41) is 0.481. The second-order valence-corrected chi connectivity index (χ2v) is 1.98. The zero-order chi connectivity index (χ0) is 6.41. The van der Waals surface area contributed by atoms with Gasteiger partial charge in [-0.05, 0) is 6.92 Å². The lowest BCUT2D eigenvalue weighted by molar-refractivity contribution is 0.495. The zero-order valence-electron chi connectivity index (χ0n) is 5.05. The van der Waals surface area contributed by atoms with E-state index in [0.29, 0.717) is 11.7 Å². The molecule has 0 aliphatic carbocycles. The van der Waals surface area contributed by atoms with Crippen LogP contribution >= 0.6 is 12.0 Å². The number of aliphatic imine (C=N–C) groups is 1. The Bertz CT molecular complexity index is 84.1. The first-order valence-electron chi connectivity index (χ1n) is 2.31. The molecule has 4 heteroatoms. The van der Waals surface area contributed by atoms with Crippen LogP contribution in [-0.2, 0) is 4.18 Å². The molecule has 0 spiro atoms. The van der Waals surface area contributed by atoms with Gasteiger partial charge in [0.1, 0.15) is 0 Å². The molecule has 0 bridgehead atoms. The first-order chi connectivity index (χ1) is 3.81. The van der Waals surface area contributed by atoms with Crippen LogP contribution in [0.3, 0.4) is 0 Å². The summed E-state index contributed by atoms with van der Waals surface area (Å²) in [6, 6.07) is 0. The molecule has 0 unspecified atom stereocenters. The third-order valence-electron chi connectivity index (χ3n) is 0.483. The smallest absolute Gasteiger partial charge is 0.181 e. The average Bonchev–Trinajstić information content (AvgIpc) is 1.68. The Morgan fingerprint density at radius 2 is 2.50 bits per heavy atom. The molecule has 0 atom stereocenters. The second-order valence-electron chi connectivity index (χ2n) is 1.06. The van der Waals surface area contributed by atoms with Crippen LogP contribution in [0.15, 0.2) is 4.99 Å². The van der Waals surface area contributed by atoms with Gasteiger partial charge in [0.15, 0.2) is 5.17 Å². The first kappa shape index (κ1) is 7.78. The highest BCUT2D eigenvalue weighted by Crippen LogP contribution is 1.97. The molecule has 0 rings (SSSR count). The Kier molecular flexibility index (Phi) is 4.79. The number of hydrogen-bond donors (Lipinski definition) is 1. The van der Waals surface area contributed by atoms with Crippen LogP contribution in [0.2, 0.25) is 0 Å². The van der Waals surface area contributed by atoms with Crippen molar-refractivity contribution >= 4 is 17.2 Å². The van der Waals surface area contributed by atoms with Crippen molar-refractivity contribution in [3.63, 3.8) is 0 Å². The lowest BCUT2D eigenvalue weighted by Gasteiger charge is -1.92. The van der Waals surface area contributed by atoms with E-state index in [4.69, 9.17) is 5.73 Å². The molecule has 2 N–H and O–H groups in total.